The molecule has 2 rings (SSSR count). The largest absolute Gasteiger partial charge is 0.336 e. The van der Waals surface area contributed by atoms with Crippen LogP contribution >= 0.6 is 11.6 Å². The highest BCUT2D eigenvalue weighted by Gasteiger charge is 2.22. The Hall–Kier alpha value is -1.06. The Morgan fingerprint density at radius 3 is 3.00 bits per heavy atom. The summed E-state index contributed by atoms with van der Waals surface area (Å²) in [6.07, 6.45) is 0. The average molecular weight is 253 g/mol. The van der Waals surface area contributed by atoms with Crippen molar-refractivity contribution in [3.8, 4) is 0 Å². The van der Waals surface area contributed by atoms with Crippen LogP contribution in [0.3, 0.4) is 0 Å². The molecule has 0 saturated carbocycles. The van der Waals surface area contributed by atoms with E-state index in [4.69, 9.17) is 11.6 Å². The minimum atomic E-state index is 0.0818. The first-order valence-electron chi connectivity index (χ1n) is 5.87. The minimum Gasteiger partial charge on any atom is -0.336 e. The fourth-order valence-corrected chi connectivity index (χ4v) is 2.30. The molecule has 3 nitrogen and oxygen atoms in total. The van der Waals surface area contributed by atoms with Crippen LogP contribution in [0.25, 0.3) is 0 Å². The third kappa shape index (κ3) is 2.61. The van der Waals surface area contributed by atoms with E-state index in [9.17, 15) is 4.79 Å². The van der Waals surface area contributed by atoms with Crippen molar-refractivity contribution < 1.29 is 4.79 Å². The number of carbonyl (C=O) groups excluding carboxylic acids is 1. The number of nitrogens with one attached hydrogen (secondary N) is 1. The molecule has 0 spiro atoms. The number of hydrogen-bond acceptors (Lipinski definition) is 2. The van der Waals surface area contributed by atoms with Gasteiger partial charge in [0.05, 0.1) is 0 Å². The van der Waals surface area contributed by atoms with Crippen molar-refractivity contribution >= 4 is 17.5 Å². The predicted molar refractivity (Wildman–Crippen MR) is 69.6 cm³/mol. The molecule has 17 heavy (non-hydrogen) atoms. The summed E-state index contributed by atoms with van der Waals surface area (Å²) in [5.74, 6) is 0.0818. The van der Waals surface area contributed by atoms with Crippen LogP contribution in [0.1, 0.15) is 22.8 Å². The summed E-state index contributed by atoms with van der Waals surface area (Å²) in [7, 11) is 0. The Kier molecular flexibility index (Phi) is 3.69. The number of rotatable bonds is 1. The van der Waals surface area contributed by atoms with Gasteiger partial charge in [-0.2, -0.15) is 0 Å². The summed E-state index contributed by atoms with van der Waals surface area (Å²) in [5, 5.41) is 3.98. The molecule has 1 amide bonds. The predicted octanol–water partition coefficient (Wildman–Crippen LogP) is 2.08. The van der Waals surface area contributed by atoms with Gasteiger partial charge in [0.1, 0.15) is 0 Å². The van der Waals surface area contributed by atoms with E-state index in [1.54, 1.807) is 0 Å². The average Bonchev–Trinajstić information content (AvgIpc) is 2.32. The van der Waals surface area contributed by atoms with Crippen LogP contribution in [0.15, 0.2) is 18.2 Å². The molecule has 1 N–H and O–H groups in total. The quantitative estimate of drug-likeness (QED) is 0.830. The van der Waals surface area contributed by atoms with E-state index >= 15 is 0 Å². The van der Waals surface area contributed by atoms with Crippen molar-refractivity contribution in [2.45, 2.75) is 19.9 Å². The summed E-state index contributed by atoms with van der Waals surface area (Å²) in [6.45, 7) is 6.35. The molecule has 4 heteroatoms. The van der Waals surface area contributed by atoms with E-state index in [0.717, 1.165) is 25.2 Å². The zero-order valence-corrected chi connectivity index (χ0v) is 10.9. The molecule has 1 aromatic rings. The molecular weight excluding hydrogens is 236 g/mol. The van der Waals surface area contributed by atoms with Gasteiger partial charge in [-0.25, -0.2) is 0 Å². The molecule has 1 heterocycles. The topological polar surface area (TPSA) is 32.3 Å². The number of carbonyl (C=O) groups is 1. The molecule has 0 aromatic heterocycles. The molecule has 1 atom stereocenters. The SMILES string of the molecule is Cc1c(Cl)cccc1C(=O)N1CCNC(C)C1. The first-order valence-corrected chi connectivity index (χ1v) is 6.25. The van der Waals surface area contributed by atoms with Crippen molar-refractivity contribution in [1.82, 2.24) is 10.2 Å². The monoisotopic (exact) mass is 252 g/mol. The fourth-order valence-electron chi connectivity index (χ4n) is 2.13. The fraction of sp³-hybridized carbons (Fsp3) is 0.462. The second kappa shape index (κ2) is 5.07. The van der Waals surface area contributed by atoms with Gasteiger partial charge in [-0.05, 0) is 31.5 Å². The second-order valence-electron chi connectivity index (χ2n) is 4.52. The standard InChI is InChI=1S/C13H17ClN2O/c1-9-8-16(7-6-15-9)13(17)11-4-3-5-12(14)10(11)2/h3-5,9,15H,6-8H2,1-2H3. The van der Waals surface area contributed by atoms with Gasteiger partial charge in [0, 0.05) is 36.3 Å². The number of amides is 1. The lowest BCUT2D eigenvalue weighted by Gasteiger charge is -2.32. The number of hydrogen-bond donors (Lipinski definition) is 1. The normalized spacial score (nSPS) is 20.4. The highest BCUT2D eigenvalue weighted by atomic mass is 35.5. The minimum absolute atomic E-state index is 0.0818. The van der Waals surface area contributed by atoms with Crippen LogP contribution in [0.5, 0.6) is 0 Å². The van der Waals surface area contributed by atoms with E-state index in [1.165, 1.54) is 0 Å². The molecule has 1 fully saturated rings. The molecular formula is C13H17ClN2O. The molecule has 0 radical (unpaired) electrons. The highest BCUT2D eigenvalue weighted by molar-refractivity contribution is 6.31. The molecule has 1 unspecified atom stereocenters. The van der Waals surface area contributed by atoms with Crippen molar-refractivity contribution in [3.05, 3.63) is 34.3 Å². The van der Waals surface area contributed by atoms with Crippen molar-refractivity contribution in [3.63, 3.8) is 0 Å². The van der Waals surface area contributed by atoms with E-state index < -0.39 is 0 Å². The van der Waals surface area contributed by atoms with Gasteiger partial charge in [-0.3, -0.25) is 4.79 Å². The Morgan fingerprint density at radius 1 is 1.53 bits per heavy atom. The lowest BCUT2D eigenvalue weighted by Crippen LogP contribution is -2.51. The van der Waals surface area contributed by atoms with E-state index in [1.807, 2.05) is 30.0 Å². The van der Waals surface area contributed by atoms with Gasteiger partial charge >= 0.3 is 0 Å². The van der Waals surface area contributed by atoms with E-state index in [-0.39, 0.29) is 5.91 Å². The lowest BCUT2D eigenvalue weighted by molar-refractivity contribution is 0.0708. The summed E-state index contributed by atoms with van der Waals surface area (Å²) < 4.78 is 0. The number of benzene rings is 1. The van der Waals surface area contributed by atoms with Crippen LogP contribution in [0, 0.1) is 6.92 Å². The maximum atomic E-state index is 12.4. The molecule has 1 aliphatic rings. The van der Waals surface area contributed by atoms with Gasteiger partial charge < -0.3 is 10.2 Å². The van der Waals surface area contributed by atoms with Crippen LogP contribution in [-0.2, 0) is 0 Å². The molecule has 1 aromatic carbocycles. The Bertz CT molecular complexity index is 433. The highest BCUT2D eigenvalue weighted by Crippen LogP contribution is 2.20. The summed E-state index contributed by atoms with van der Waals surface area (Å²) in [4.78, 5) is 14.2. The molecule has 0 bridgehead atoms. The number of halogens is 1. The maximum Gasteiger partial charge on any atom is 0.254 e. The second-order valence-corrected chi connectivity index (χ2v) is 4.93. The molecule has 92 valence electrons. The van der Waals surface area contributed by atoms with E-state index in [2.05, 4.69) is 12.2 Å². The van der Waals surface area contributed by atoms with Crippen LogP contribution in [-0.4, -0.2) is 36.5 Å². The Balaban J connectivity index is 2.22. The van der Waals surface area contributed by atoms with E-state index in [0.29, 0.717) is 16.6 Å². The van der Waals surface area contributed by atoms with Crippen molar-refractivity contribution in [1.29, 1.82) is 0 Å². The molecule has 0 aliphatic carbocycles. The van der Waals surface area contributed by atoms with Crippen molar-refractivity contribution in [2.24, 2.45) is 0 Å². The van der Waals surface area contributed by atoms with Gasteiger partial charge in [-0.1, -0.05) is 17.7 Å². The van der Waals surface area contributed by atoms with Gasteiger partial charge in [0.2, 0.25) is 0 Å². The maximum absolute atomic E-state index is 12.4. The third-order valence-corrected chi connectivity index (χ3v) is 3.56. The first-order chi connectivity index (χ1) is 8.09. The van der Waals surface area contributed by atoms with Crippen LogP contribution in [0.2, 0.25) is 5.02 Å². The summed E-state index contributed by atoms with van der Waals surface area (Å²) >= 11 is 6.04. The smallest absolute Gasteiger partial charge is 0.254 e. The zero-order chi connectivity index (χ0) is 12.4. The van der Waals surface area contributed by atoms with Gasteiger partial charge in [0.25, 0.3) is 5.91 Å². The van der Waals surface area contributed by atoms with Crippen molar-refractivity contribution in [2.75, 3.05) is 19.6 Å². The Labute approximate surface area is 107 Å². The van der Waals surface area contributed by atoms with Crippen LogP contribution in [0.4, 0.5) is 0 Å². The third-order valence-electron chi connectivity index (χ3n) is 3.15. The number of nitrogens with zero attached hydrogens (tertiary/aromatic N) is 1. The van der Waals surface area contributed by atoms with Gasteiger partial charge in [0.15, 0.2) is 0 Å². The molecule has 1 saturated heterocycles. The summed E-state index contributed by atoms with van der Waals surface area (Å²) in [6, 6.07) is 5.84. The Morgan fingerprint density at radius 2 is 2.29 bits per heavy atom. The van der Waals surface area contributed by atoms with Gasteiger partial charge in [-0.15, -0.1) is 0 Å². The molecule has 1 aliphatic heterocycles. The number of piperazine rings is 1. The lowest BCUT2D eigenvalue weighted by atomic mass is 10.1. The first kappa shape index (κ1) is 12.4. The zero-order valence-electron chi connectivity index (χ0n) is 10.2. The summed E-state index contributed by atoms with van der Waals surface area (Å²) in [5.41, 5.74) is 1.58. The van der Waals surface area contributed by atoms with Crippen LogP contribution < -0.4 is 5.32 Å².